The minimum absolute atomic E-state index is 0.169. The largest absolute Gasteiger partial charge is 0.352 e. The number of rotatable bonds is 4. The Balaban J connectivity index is 1.31. The smallest absolute Gasteiger partial charge is 0.159 e. The van der Waals surface area contributed by atoms with Crippen molar-refractivity contribution < 1.29 is 4.39 Å². The third-order valence-corrected chi connectivity index (χ3v) is 6.66. The molecular weight excluding hydrogens is 469 g/mol. The van der Waals surface area contributed by atoms with E-state index in [1.54, 1.807) is 18.6 Å². The number of aryl methyl sites for hydroxylation is 1. The summed E-state index contributed by atoms with van der Waals surface area (Å²) in [6.07, 6.45) is 5.17. The lowest BCUT2D eigenvalue weighted by Crippen LogP contribution is -2.56. The zero-order valence-electron chi connectivity index (χ0n) is 19.9. The SMILES string of the molecule is Cc1cc(F)cc(-c2cccc3[nH]c(-c4n[nH]c5cnc(-c6cncc(N7CC(N)C7)n6)cc45)nc23)c1. The quantitative estimate of drug-likeness (QED) is 0.337. The summed E-state index contributed by atoms with van der Waals surface area (Å²) in [4.78, 5) is 24.0. The van der Waals surface area contributed by atoms with E-state index >= 15 is 0 Å². The Kier molecular flexibility index (Phi) is 4.76. The Hall–Kier alpha value is -4.70. The molecule has 0 aliphatic carbocycles. The monoisotopic (exact) mass is 491 g/mol. The molecule has 0 saturated carbocycles. The lowest BCUT2D eigenvalue weighted by atomic mass is 10.0. The molecule has 1 aliphatic heterocycles. The maximum absolute atomic E-state index is 14.1. The highest BCUT2D eigenvalue weighted by Crippen LogP contribution is 2.33. The van der Waals surface area contributed by atoms with Crippen LogP contribution in [0.1, 0.15) is 5.56 Å². The van der Waals surface area contributed by atoms with Crippen molar-refractivity contribution in [3.05, 3.63) is 72.4 Å². The van der Waals surface area contributed by atoms with E-state index in [-0.39, 0.29) is 11.9 Å². The van der Waals surface area contributed by atoms with Crippen LogP contribution in [0.2, 0.25) is 0 Å². The number of anilines is 1. The molecule has 37 heavy (non-hydrogen) atoms. The number of nitrogens with zero attached hydrogens (tertiary/aromatic N) is 6. The third-order valence-electron chi connectivity index (χ3n) is 6.66. The van der Waals surface area contributed by atoms with Crippen LogP contribution in [0.25, 0.3) is 56.0 Å². The first-order valence-electron chi connectivity index (χ1n) is 12.0. The highest BCUT2D eigenvalue weighted by molar-refractivity contribution is 5.97. The van der Waals surface area contributed by atoms with E-state index in [1.807, 2.05) is 37.3 Å². The van der Waals surface area contributed by atoms with Crippen LogP contribution in [0.3, 0.4) is 0 Å². The van der Waals surface area contributed by atoms with Crippen molar-refractivity contribution in [2.24, 2.45) is 5.73 Å². The van der Waals surface area contributed by atoms with Crippen LogP contribution in [0, 0.1) is 12.7 Å². The van der Waals surface area contributed by atoms with Crippen molar-refractivity contribution in [3.8, 4) is 34.0 Å². The number of hydrogen-bond donors (Lipinski definition) is 3. The van der Waals surface area contributed by atoms with Gasteiger partial charge in [-0.15, -0.1) is 0 Å². The maximum atomic E-state index is 14.1. The number of hydrogen-bond acceptors (Lipinski definition) is 7. The van der Waals surface area contributed by atoms with Crippen molar-refractivity contribution in [2.45, 2.75) is 13.0 Å². The molecule has 5 heterocycles. The number of aromatic amines is 2. The molecule has 7 rings (SSSR count). The van der Waals surface area contributed by atoms with Gasteiger partial charge in [0.05, 0.1) is 40.8 Å². The number of pyridine rings is 1. The topological polar surface area (TPSA) is 125 Å². The molecule has 0 spiro atoms. The molecular formula is C27H22FN9. The number of aromatic nitrogens is 7. The van der Waals surface area contributed by atoms with E-state index in [9.17, 15) is 4.39 Å². The molecule has 4 aromatic heterocycles. The molecule has 1 aliphatic rings. The lowest BCUT2D eigenvalue weighted by molar-refractivity contribution is 0.514. The van der Waals surface area contributed by atoms with E-state index in [0.29, 0.717) is 22.9 Å². The van der Waals surface area contributed by atoms with Gasteiger partial charge in [0.1, 0.15) is 23.0 Å². The number of fused-ring (bicyclic) bond motifs is 2. The second kappa shape index (κ2) is 8.17. The minimum Gasteiger partial charge on any atom is -0.352 e. The number of benzene rings is 2. The highest BCUT2D eigenvalue weighted by Gasteiger charge is 2.25. The van der Waals surface area contributed by atoms with Crippen LogP contribution in [-0.2, 0) is 0 Å². The second-order valence-electron chi connectivity index (χ2n) is 9.42. The zero-order valence-corrected chi connectivity index (χ0v) is 19.9. The first kappa shape index (κ1) is 21.6. The van der Waals surface area contributed by atoms with Gasteiger partial charge in [0.25, 0.3) is 0 Å². The summed E-state index contributed by atoms with van der Waals surface area (Å²) in [6, 6.07) is 12.9. The number of imidazole rings is 1. The highest BCUT2D eigenvalue weighted by atomic mass is 19.1. The lowest BCUT2D eigenvalue weighted by Gasteiger charge is -2.37. The molecule has 6 aromatic rings. The van der Waals surface area contributed by atoms with Crippen molar-refractivity contribution in [1.29, 1.82) is 0 Å². The summed E-state index contributed by atoms with van der Waals surface area (Å²) >= 11 is 0. The molecule has 2 aromatic carbocycles. The molecule has 1 saturated heterocycles. The predicted octanol–water partition coefficient (Wildman–Crippen LogP) is 4.22. The Morgan fingerprint density at radius 1 is 1.00 bits per heavy atom. The van der Waals surface area contributed by atoms with Crippen LogP contribution in [0.5, 0.6) is 0 Å². The van der Waals surface area contributed by atoms with E-state index in [0.717, 1.165) is 57.5 Å². The van der Waals surface area contributed by atoms with Crippen molar-refractivity contribution in [2.75, 3.05) is 18.0 Å². The standard InChI is InChI=1S/C27H22FN9/c1-14-5-15(7-16(28)6-14)18-3-2-4-20-25(18)34-27(33-20)26-19-8-21(31-10-22(19)35-36-26)23-9-30-11-24(32-23)37-12-17(29)13-37/h2-11,17H,12-13,29H2,1H3,(H,33,34)(H,35,36). The van der Waals surface area contributed by atoms with Crippen molar-refractivity contribution in [1.82, 2.24) is 35.1 Å². The first-order valence-corrected chi connectivity index (χ1v) is 12.0. The van der Waals surface area contributed by atoms with Gasteiger partial charge < -0.3 is 15.6 Å². The zero-order chi connectivity index (χ0) is 25.1. The number of nitrogens with one attached hydrogen (secondary N) is 2. The number of H-pyrrole nitrogens is 2. The van der Waals surface area contributed by atoms with Crippen molar-refractivity contribution >= 4 is 27.8 Å². The van der Waals surface area contributed by atoms with Gasteiger partial charge >= 0.3 is 0 Å². The second-order valence-corrected chi connectivity index (χ2v) is 9.42. The van der Waals surface area contributed by atoms with Crippen LogP contribution in [0.4, 0.5) is 10.2 Å². The third kappa shape index (κ3) is 3.69. The van der Waals surface area contributed by atoms with Gasteiger partial charge in [0.2, 0.25) is 0 Å². The van der Waals surface area contributed by atoms with Gasteiger partial charge in [-0.2, -0.15) is 5.10 Å². The fraction of sp³-hybridized carbons (Fsp3) is 0.148. The molecule has 0 amide bonds. The molecule has 0 unspecified atom stereocenters. The molecule has 10 heteroatoms. The Labute approximate surface area is 210 Å². The fourth-order valence-electron chi connectivity index (χ4n) is 4.84. The summed E-state index contributed by atoms with van der Waals surface area (Å²) in [7, 11) is 0. The van der Waals surface area contributed by atoms with Gasteiger partial charge in [-0.1, -0.05) is 18.2 Å². The van der Waals surface area contributed by atoms with E-state index in [1.165, 1.54) is 12.1 Å². The number of para-hydroxylation sites is 1. The summed E-state index contributed by atoms with van der Waals surface area (Å²) in [5.41, 5.74) is 12.8. The van der Waals surface area contributed by atoms with Gasteiger partial charge in [-0.25, -0.2) is 14.4 Å². The average Bonchev–Trinajstić information content (AvgIpc) is 3.49. The summed E-state index contributed by atoms with van der Waals surface area (Å²) in [6.45, 7) is 3.40. The molecule has 0 bridgehead atoms. The Morgan fingerprint density at radius 3 is 2.73 bits per heavy atom. The number of nitrogens with two attached hydrogens (primary N) is 1. The van der Waals surface area contributed by atoms with Gasteiger partial charge in [0, 0.05) is 30.1 Å². The van der Waals surface area contributed by atoms with E-state index < -0.39 is 0 Å². The van der Waals surface area contributed by atoms with E-state index in [4.69, 9.17) is 15.7 Å². The van der Waals surface area contributed by atoms with Crippen LogP contribution in [-0.4, -0.2) is 54.2 Å². The van der Waals surface area contributed by atoms with Gasteiger partial charge in [-0.3, -0.25) is 15.1 Å². The van der Waals surface area contributed by atoms with Crippen LogP contribution < -0.4 is 10.6 Å². The van der Waals surface area contributed by atoms with E-state index in [2.05, 4.69) is 30.0 Å². The predicted molar refractivity (Wildman–Crippen MR) is 140 cm³/mol. The molecule has 182 valence electrons. The van der Waals surface area contributed by atoms with Crippen LogP contribution >= 0.6 is 0 Å². The fourth-order valence-corrected chi connectivity index (χ4v) is 4.84. The molecule has 0 radical (unpaired) electrons. The first-order chi connectivity index (χ1) is 18.0. The summed E-state index contributed by atoms with van der Waals surface area (Å²) in [5.74, 6) is 1.12. The maximum Gasteiger partial charge on any atom is 0.159 e. The van der Waals surface area contributed by atoms with Crippen LogP contribution in [0.15, 0.2) is 61.1 Å². The molecule has 4 N–H and O–H groups in total. The average molecular weight is 492 g/mol. The summed E-state index contributed by atoms with van der Waals surface area (Å²) < 4.78 is 14.1. The molecule has 0 atom stereocenters. The Bertz CT molecular complexity index is 1780. The minimum atomic E-state index is -0.273. The Morgan fingerprint density at radius 2 is 1.89 bits per heavy atom. The van der Waals surface area contributed by atoms with Crippen molar-refractivity contribution in [3.63, 3.8) is 0 Å². The summed E-state index contributed by atoms with van der Waals surface area (Å²) in [5, 5.41) is 8.42. The molecule has 9 nitrogen and oxygen atoms in total. The molecule has 1 fully saturated rings. The normalized spacial score (nSPS) is 14.0. The van der Waals surface area contributed by atoms with Gasteiger partial charge in [-0.05, 0) is 42.3 Å². The number of halogens is 1. The van der Waals surface area contributed by atoms with Gasteiger partial charge in [0.15, 0.2) is 5.82 Å².